The Morgan fingerprint density at radius 2 is 2.12 bits per heavy atom. The first kappa shape index (κ1) is 11.9. The SMILES string of the molecule is Fc1ccc(Br)cc1OCC1CCNCC1. The molecule has 1 N–H and O–H groups in total. The van der Waals surface area contributed by atoms with Gasteiger partial charge in [-0.3, -0.25) is 0 Å². The molecule has 2 nitrogen and oxygen atoms in total. The lowest BCUT2D eigenvalue weighted by molar-refractivity contribution is 0.208. The fourth-order valence-electron chi connectivity index (χ4n) is 1.84. The molecular formula is C12H15BrFNO. The number of ether oxygens (including phenoxy) is 1. The van der Waals surface area contributed by atoms with Gasteiger partial charge in [-0.15, -0.1) is 0 Å². The Kier molecular flexibility index (Phi) is 4.18. The maximum atomic E-state index is 13.4. The summed E-state index contributed by atoms with van der Waals surface area (Å²) in [6.45, 7) is 2.68. The molecule has 88 valence electrons. The topological polar surface area (TPSA) is 21.3 Å². The van der Waals surface area contributed by atoms with Crippen LogP contribution in [0.3, 0.4) is 0 Å². The van der Waals surface area contributed by atoms with Crippen LogP contribution in [0.25, 0.3) is 0 Å². The van der Waals surface area contributed by atoms with E-state index in [9.17, 15) is 4.39 Å². The van der Waals surface area contributed by atoms with E-state index in [1.54, 1.807) is 12.1 Å². The van der Waals surface area contributed by atoms with Crippen molar-refractivity contribution in [3.05, 3.63) is 28.5 Å². The first-order valence-electron chi connectivity index (χ1n) is 5.54. The second-order valence-corrected chi connectivity index (χ2v) is 4.99. The van der Waals surface area contributed by atoms with Gasteiger partial charge in [-0.25, -0.2) is 4.39 Å². The van der Waals surface area contributed by atoms with Gasteiger partial charge in [0, 0.05) is 4.47 Å². The van der Waals surface area contributed by atoms with E-state index in [1.165, 1.54) is 6.07 Å². The molecule has 1 fully saturated rings. The Hall–Kier alpha value is -0.610. The zero-order valence-corrected chi connectivity index (χ0v) is 10.6. The molecule has 1 saturated heterocycles. The maximum Gasteiger partial charge on any atom is 0.165 e. The molecule has 0 atom stereocenters. The number of benzene rings is 1. The third-order valence-electron chi connectivity index (χ3n) is 2.83. The summed E-state index contributed by atoms with van der Waals surface area (Å²) in [5.74, 6) is 0.588. The zero-order chi connectivity index (χ0) is 11.4. The highest BCUT2D eigenvalue weighted by molar-refractivity contribution is 9.10. The van der Waals surface area contributed by atoms with E-state index in [4.69, 9.17) is 4.74 Å². The van der Waals surface area contributed by atoms with Crippen molar-refractivity contribution in [2.24, 2.45) is 5.92 Å². The quantitative estimate of drug-likeness (QED) is 0.923. The molecule has 1 aromatic carbocycles. The Bertz CT molecular complexity index is 353. The van der Waals surface area contributed by atoms with Crippen LogP contribution in [-0.4, -0.2) is 19.7 Å². The normalized spacial score (nSPS) is 17.4. The van der Waals surface area contributed by atoms with Gasteiger partial charge in [0.25, 0.3) is 0 Å². The van der Waals surface area contributed by atoms with Crippen molar-refractivity contribution in [1.82, 2.24) is 5.32 Å². The van der Waals surface area contributed by atoms with E-state index < -0.39 is 0 Å². The van der Waals surface area contributed by atoms with E-state index in [1.807, 2.05) is 0 Å². The van der Waals surface area contributed by atoms with Crippen molar-refractivity contribution in [2.75, 3.05) is 19.7 Å². The lowest BCUT2D eigenvalue weighted by Crippen LogP contribution is -2.30. The fraction of sp³-hybridized carbons (Fsp3) is 0.500. The van der Waals surface area contributed by atoms with Crippen molar-refractivity contribution in [3.63, 3.8) is 0 Å². The average molecular weight is 288 g/mol. The van der Waals surface area contributed by atoms with Crippen LogP contribution in [-0.2, 0) is 0 Å². The molecule has 0 radical (unpaired) electrons. The molecule has 0 unspecified atom stereocenters. The number of piperidine rings is 1. The Balaban J connectivity index is 1.90. The molecule has 0 saturated carbocycles. The van der Waals surface area contributed by atoms with Crippen LogP contribution in [0.1, 0.15) is 12.8 Å². The van der Waals surface area contributed by atoms with Gasteiger partial charge in [-0.1, -0.05) is 15.9 Å². The molecule has 0 bridgehead atoms. The molecule has 1 heterocycles. The maximum absolute atomic E-state index is 13.4. The Morgan fingerprint density at radius 1 is 1.38 bits per heavy atom. The largest absolute Gasteiger partial charge is 0.490 e. The number of halogens is 2. The minimum atomic E-state index is -0.294. The summed E-state index contributed by atoms with van der Waals surface area (Å²) in [5, 5.41) is 3.30. The summed E-state index contributed by atoms with van der Waals surface area (Å²) < 4.78 is 19.7. The van der Waals surface area contributed by atoms with E-state index >= 15 is 0 Å². The average Bonchev–Trinajstić information content (AvgIpc) is 2.32. The molecule has 0 aliphatic carbocycles. The van der Waals surface area contributed by atoms with E-state index in [0.29, 0.717) is 18.3 Å². The van der Waals surface area contributed by atoms with Crippen molar-refractivity contribution < 1.29 is 9.13 Å². The summed E-state index contributed by atoms with van der Waals surface area (Å²) in [5.41, 5.74) is 0. The van der Waals surface area contributed by atoms with Gasteiger partial charge in [0.1, 0.15) is 0 Å². The lowest BCUT2D eigenvalue weighted by Gasteiger charge is -2.22. The monoisotopic (exact) mass is 287 g/mol. The molecular weight excluding hydrogens is 273 g/mol. The number of hydrogen-bond donors (Lipinski definition) is 1. The van der Waals surface area contributed by atoms with Gasteiger partial charge in [0.2, 0.25) is 0 Å². The van der Waals surface area contributed by atoms with E-state index in [-0.39, 0.29) is 5.82 Å². The van der Waals surface area contributed by atoms with Crippen LogP contribution in [0.15, 0.2) is 22.7 Å². The number of nitrogens with one attached hydrogen (secondary N) is 1. The van der Waals surface area contributed by atoms with Gasteiger partial charge in [-0.05, 0) is 50.0 Å². The van der Waals surface area contributed by atoms with Crippen LogP contribution in [0.5, 0.6) is 5.75 Å². The van der Waals surface area contributed by atoms with Gasteiger partial charge < -0.3 is 10.1 Å². The highest BCUT2D eigenvalue weighted by atomic mass is 79.9. The summed E-state index contributed by atoms with van der Waals surface area (Å²) in [7, 11) is 0. The Labute approximate surface area is 103 Å². The van der Waals surface area contributed by atoms with Crippen molar-refractivity contribution >= 4 is 15.9 Å². The van der Waals surface area contributed by atoms with Crippen molar-refractivity contribution in [2.45, 2.75) is 12.8 Å². The second-order valence-electron chi connectivity index (χ2n) is 4.08. The van der Waals surface area contributed by atoms with Gasteiger partial charge in [-0.2, -0.15) is 0 Å². The van der Waals surface area contributed by atoms with Crippen LogP contribution in [0.2, 0.25) is 0 Å². The summed E-state index contributed by atoms with van der Waals surface area (Å²) in [6, 6.07) is 4.77. The third kappa shape index (κ3) is 3.19. The smallest absolute Gasteiger partial charge is 0.165 e. The molecule has 4 heteroatoms. The minimum absolute atomic E-state index is 0.294. The van der Waals surface area contributed by atoms with Gasteiger partial charge in [0.15, 0.2) is 11.6 Å². The lowest BCUT2D eigenvalue weighted by atomic mass is 9.99. The summed E-state index contributed by atoms with van der Waals surface area (Å²) in [4.78, 5) is 0. The van der Waals surface area contributed by atoms with E-state index in [0.717, 1.165) is 30.4 Å². The molecule has 0 aromatic heterocycles. The van der Waals surface area contributed by atoms with Crippen LogP contribution in [0.4, 0.5) is 4.39 Å². The highest BCUT2D eigenvalue weighted by Crippen LogP contribution is 2.23. The van der Waals surface area contributed by atoms with Crippen LogP contribution < -0.4 is 10.1 Å². The highest BCUT2D eigenvalue weighted by Gasteiger charge is 2.14. The van der Waals surface area contributed by atoms with Crippen LogP contribution >= 0.6 is 15.9 Å². The first-order valence-corrected chi connectivity index (χ1v) is 6.33. The standard InChI is InChI=1S/C12H15BrFNO/c13-10-1-2-11(14)12(7-10)16-8-9-3-5-15-6-4-9/h1-2,7,9,15H,3-6,8H2. The number of rotatable bonds is 3. The molecule has 1 aromatic rings. The van der Waals surface area contributed by atoms with Crippen LogP contribution in [0, 0.1) is 11.7 Å². The van der Waals surface area contributed by atoms with Crippen molar-refractivity contribution in [3.8, 4) is 5.75 Å². The summed E-state index contributed by atoms with van der Waals surface area (Å²) >= 11 is 3.31. The predicted molar refractivity (Wildman–Crippen MR) is 65.2 cm³/mol. The number of hydrogen-bond acceptors (Lipinski definition) is 2. The van der Waals surface area contributed by atoms with Gasteiger partial charge >= 0.3 is 0 Å². The molecule has 16 heavy (non-hydrogen) atoms. The molecule has 2 rings (SSSR count). The zero-order valence-electron chi connectivity index (χ0n) is 9.01. The molecule has 0 spiro atoms. The first-order chi connectivity index (χ1) is 7.75. The fourth-order valence-corrected chi connectivity index (χ4v) is 2.18. The minimum Gasteiger partial charge on any atom is -0.490 e. The third-order valence-corrected chi connectivity index (χ3v) is 3.32. The van der Waals surface area contributed by atoms with E-state index in [2.05, 4.69) is 21.2 Å². The summed E-state index contributed by atoms with van der Waals surface area (Å²) in [6.07, 6.45) is 2.21. The predicted octanol–water partition coefficient (Wildman–Crippen LogP) is 2.97. The Morgan fingerprint density at radius 3 is 2.88 bits per heavy atom. The van der Waals surface area contributed by atoms with Gasteiger partial charge in [0.05, 0.1) is 6.61 Å². The molecule has 1 aliphatic rings. The molecule has 0 amide bonds. The second kappa shape index (κ2) is 5.64. The van der Waals surface area contributed by atoms with Crippen molar-refractivity contribution in [1.29, 1.82) is 0 Å². The molecule has 1 aliphatic heterocycles.